The first-order valence-corrected chi connectivity index (χ1v) is 8.05. The van der Waals surface area contributed by atoms with Crippen LogP contribution in [0.25, 0.3) is 0 Å². The summed E-state index contributed by atoms with van der Waals surface area (Å²) in [6, 6.07) is 2.38. The predicted molar refractivity (Wildman–Crippen MR) is 84.2 cm³/mol. The third-order valence-electron chi connectivity index (χ3n) is 3.66. The number of ether oxygens (including phenoxy) is 1. The summed E-state index contributed by atoms with van der Waals surface area (Å²) in [5.74, 6) is 0.868. The van der Waals surface area contributed by atoms with E-state index in [2.05, 4.69) is 14.9 Å². The summed E-state index contributed by atoms with van der Waals surface area (Å²) in [6.07, 6.45) is 4.90. The van der Waals surface area contributed by atoms with Crippen molar-refractivity contribution in [2.75, 3.05) is 19.1 Å². The Bertz CT molecular complexity index is 617. The fourth-order valence-electron chi connectivity index (χ4n) is 2.57. The molecule has 0 spiro atoms. The van der Waals surface area contributed by atoms with Crippen molar-refractivity contribution in [3.63, 3.8) is 0 Å². The predicted octanol–water partition coefficient (Wildman–Crippen LogP) is 2.77. The molecular weight excluding hydrogens is 284 g/mol. The SMILES string of the molecule is COc1nc(C)cc(N(C)Cc2nc3c(s2)CCCC3)n1. The van der Waals surface area contributed by atoms with Crippen LogP contribution in [-0.2, 0) is 19.4 Å². The van der Waals surface area contributed by atoms with Crippen molar-refractivity contribution in [2.45, 2.75) is 39.2 Å². The molecule has 0 fully saturated rings. The topological polar surface area (TPSA) is 51.1 Å². The van der Waals surface area contributed by atoms with Gasteiger partial charge in [0.2, 0.25) is 0 Å². The van der Waals surface area contributed by atoms with E-state index in [-0.39, 0.29) is 0 Å². The zero-order valence-corrected chi connectivity index (χ0v) is 13.5. The average Bonchev–Trinajstić information content (AvgIpc) is 2.88. The molecule has 0 saturated carbocycles. The standard InChI is InChI=1S/C15H20N4OS/c1-10-8-13(18-15(16-10)20-3)19(2)9-14-17-11-6-4-5-7-12(11)21-14/h8H,4-7,9H2,1-3H3. The molecule has 5 nitrogen and oxygen atoms in total. The van der Waals surface area contributed by atoms with Crippen molar-refractivity contribution < 1.29 is 4.74 Å². The Hall–Kier alpha value is -1.69. The molecule has 2 heterocycles. The highest BCUT2D eigenvalue weighted by atomic mass is 32.1. The van der Waals surface area contributed by atoms with E-state index >= 15 is 0 Å². The molecule has 6 heteroatoms. The molecule has 0 bridgehead atoms. The molecule has 0 amide bonds. The van der Waals surface area contributed by atoms with Gasteiger partial charge in [0.05, 0.1) is 19.3 Å². The van der Waals surface area contributed by atoms with Gasteiger partial charge in [-0.25, -0.2) is 9.97 Å². The molecule has 0 N–H and O–H groups in total. The minimum absolute atomic E-state index is 0.412. The van der Waals surface area contributed by atoms with Crippen LogP contribution in [0.4, 0.5) is 5.82 Å². The van der Waals surface area contributed by atoms with E-state index in [0.29, 0.717) is 6.01 Å². The second-order valence-electron chi connectivity index (χ2n) is 5.39. The van der Waals surface area contributed by atoms with Gasteiger partial charge in [0.15, 0.2) is 0 Å². The number of fused-ring (bicyclic) bond motifs is 1. The number of aryl methyl sites for hydroxylation is 3. The number of anilines is 1. The van der Waals surface area contributed by atoms with Crippen molar-refractivity contribution in [2.24, 2.45) is 0 Å². The lowest BCUT2D eigenvalue weighted by atomic mass is 10.0. The van der Waals surface area contributed by atoms with Crippen molar-refractivity contribution in [1.29, 1.82) is 0 Å². The number of methoxy groups -OCH3 is 1. The maximum atomic E-state index is 5.14. The molecule has 21 heavy (non-hydrogen) atoms. The fraction of sp³-hybridized carbons (Fsp3) is 0.533. The van der Waals surface area contributed by atoms with E-state index in [1.165, 1.54) is 34.8 Å². The Labute approximate surface area is 129 Å². The number of hydrogen-bond acceptors (Lipinski definition) is 6. The number of thiazole rings is 1. The highest BCUT2D eigenvalue weighted by Gasteiger charge is 2.16. The molecule has 0 aliphatic heterocycles. The van der Waals surface area contributed by atoms with Gasteiger partial charge >= 0.3 is 6.01 Å². The highest BCUT2D eigenvalue weighted by molar-refractivity contribution is 7.11. The van der Waals surface area contributed by atoms with Gasteiger partial charge in [-0.15, -0.1) is 11.3 Å². The Kier molecular flexibility index (Phi) is 4.05. The molecule has 2 aromatic rings. The normalized spacial score (nSPS) is 13.9. The zero-order valence-electron chi connectivity index (χ0n) is 12.7. The van der Waals surface area contributed by atoms with Gasteiger partial charge in [-0.1, -0.05) is 0 Å². The van der Waals surface area contributed by atoms with Gasteiger partial charge in [0, 0.05) is 23.7 Å². The van der Waals surface area contributed by atoms with Crippen LogP contribution in [0.15, 0.2) is 6.07 Å². The first-order valence-electron chi connectivity index (χ1n) is 7.24. The first-order chi connectivity index (χ1) is 10.2. The van der Waals surface area contributed by atoms with Crippen LogP contribution < -0.4 is 9.64 Å². The lowest BCUT2D eigenvalue weighted by Gasteiger charge is -2.17. The van der Waals surface area contributed by atoms with E-state index < -0.39 is 0 Å². The van der Waals surface area contributed by atoms with E-state index in [0.717, 1.165) is 24.5 Å². The summed E-state index contributed by atoms with van der Waals surface area (Å²) in [5, 5.41) is 1.17. The van der Waals surface area contributed by atoms with Crippen LogP contribution in [0, 0.1) is 6.92 Å². The number of hydrogen-bond donors (Lipinski definition) is 0. The van der Waals surface area contributed by atoms with E-state index in [9.17, 15) is 0 Å². The molecule has 112 valence electrons. The summed E-state index contributed by atoms with van der Waals surface area (Å²) >= 11 is 1.85. The molecule has 1 aliphatic rings. The number of aromatic nitrogens is 3. The van der Waals surface area contributed by atoms with Gasteiger partial charge in [-0.3, -0.25) is 0 Å². The summed E-state index contributed by atoms with van der Waals surface area (Å²) in [6.45, 7) is 2.72. The largest absolute Gasteiger partial charge is 0.467 e. The zero-order chi connectivity index (χ0) is 14.8. The van der Waals surface area contributed by atoms with Crippen LogP contribution in [0.2, 0.25) is 0 Å². The molecule has 1 aliphatic carbocycles. The molecule has 0 atom stereocenters. The van der Waals surface area contributed by atoms with Crippen LogP contribution in [0.3, 0.4) is 0 Å². The van der Waals surface area contributed by atoms with E-state index in [1.807, 2.05) is 31.4 Å². The Morgan fingerprint density at radius 1 is 1.24 bits per heavy atom. The molecule has 0 saturated heterocycles. The Morgan fingerprint density at radius 2 is 2.05 bits per heavy atom. The number of nitrogens with zero attached hydrogens (tertiary/aromatic N) is 4. The van der Waals surface area contributed by atoms with Gasteiger partial charge in [0.25, 0.3) is 0 Å². The first kappa shape index (κ1) is 14.3. The summed E-state index contributed by atoms with van der Waals surface area (Å²) in [5.41, 5.74) is 2.22. The fourth-order valence-corrected chi connectivity index (χ4v) is 3.78. The second-order valence-corrected chi connectivity index (χ2v) is 6.56. The summed E-state index contributed by atoms with van der Waals surface area (Å²) < 4.78 is 5.14. The molecule has 0 radical (unpaired) electrons. The van der Waals surface area contributed by atoms with Gasteiger partial charge in [-0.05, 0) is 32.6 Å². The van der Waals surface area contributed by atoms with Gasteiger partial charge < -0.3 is 9.64 Å². The Balaban J connectivity index is 1.78. The van der Waals surface area contributed by atoms with E-state index in [4.69, 9.17) is 9.72 Å². The smallest absolute Gasteiger partial charge is 0.318 e. The van der Waals surface area contributed by atoms with Crippen molar-refractivity contribution in [1.82, 2.24) is 15.0 Å². The minimum Gasteiger partial charge on any atom is -0.467 e. The molecule has 2 aromatic heterocycles. The van der Waals surface area contributed by atoms with Crippen molar-refractivity contribution in [3.8, 4) is 6.01 Å². The summed E-state index contributed by atoms with van der Waals surface area (Å²) in [4.78, 5) is 17.0. The maximum absolute atomic E-state index is 5.14. The second kappa shape index (κ2) is 5.97. The van der Waals surface area contributed by atoms with Crippen LogP contribution in [0.1, 0.15) is 34.1 Å². The minimum atomic E-state index is 0.412. The monoisotopic (exact) mass is 304 g/mol. The molecule has 0 aromatic carbocycles. The molecule has 0 unspecified atom stereocenters. The van der Waals surface area contributed by atoms with Crippen molar-refractivity contribution >= 4 is 17.2 Å². The van der Waals surface area contributed by atoms with Crippen LogP contribution in [-0.4, -0.2) is 29.1 Å². The average molecular weight is 304 g/mol. The highest BCUT2D eigenvalue weighted by Crippen LogP contribution is 2.28. The van der Waals surface area contributed by atoms with Crippen molar-refractivity contribution in [3.05, 3.63) is 27.3 Å². The molecular formula is C15H20N4OS. The third-order valence-corrected chi connectivity index (χ3v) is 4.80. The molecule has 3 rings (SSSR count). The van der Waals surface area contributed by atoms with Gasteiger partial charge in [-0.2, -0.15) is 4.98 Å². The lowest BCUT2D eigenvalue weighted by Crippen LogP contribution is -2.18. The Morgan fingerprint density at radius 3 is 2.81 bits per heavy atom. The quantitative estimate of drug-likeness (QED) is 0.869. The maximum Gasteiger partial charge on any atom is 0.318 e. The van der Waals surface area contributed by atoms with Crippen LogP contribution in [0.5, 0.6) is 6.01 Å². The summed E-state index contributed by atoms with van der Waals surface area (Å²) in [7, 11) is 3.62. The van der Waals surface area contributed by atoms with E-state index in [1.54, 1.807) is 7.11 Å². The number of rotatable bonds is 4. The third kappa shape index (κ3) is 3.15. The van der Waals surface area contributed by atoms with Gasteiger partial charge in [0.1, 0.15) is 10.8 Å². The lowest BCUT2D eigenvalue weighted by molar-refractivity contribution is 0.378. The van der Waals surface area contributed by atoms with Crippen LogP contribution >= 0.6 is 11.3 Å².